The Morgan fingerprint density at radius 2 is 2.41 bits per heavy atom. The van der Waals surface area contributed by atoms with Crippen molar-refractivity contribution >= 4 is 21.8 Å². The normalized spacial score (nSPS) is 19.8. The number of pyridine rings is 1. The third-order valence-electron chi connectivity index (χ3n) is 2.84. The summed E-state index contributed by atoms with van der Waals surface area (Å²) in [6, 6.07) is 5.72. The third kappa shape index (κ3) is 2.83. The van der Waals surface area contributed by atoms with Gasteiger partial charge in [-0.1, -0.05) is 0 Å². The van der Waals surface area contributed by atoms with Crippen LogP contribution in [-0.4, -0.2) is 28.9 Å². The standard InChI is InChI=1S/C12H12BrN3O/c13-10-3-4-11(15-7-10)12(17)16-5-1-2-9(6-14)8-16/h3-4,7,9H,1-2,5,8H2. The summed E-state index contributed by atoms with van der Waals surface area (Å²) in [6.45, 7) is 1.24. The van der Waals surface area contributed by atoms with Gasteiger partial charge in [-0.2, -0.15) is 5.26 Å². The minimum absolute atomic E-state index is 0.0388. The average molecular weight is 294 g/mol. The monoisotopic (exact) mass is 293 g/mol. The number of carbonyl (C=O) groups is 1. The largest absolute Gasteiger partial charge is 0.336 e. The first kappa shape index (κ1) is 12.1. The van der Waals surface area contributed by atoms with Crippen molar-refractivity contribution in [2.75, 3.05) is 13.1 Å². The Balaban J connectivity index is 2.09. The van der Waals surface area contributed by atoms with Gasteiger partial charge in [0.05, 0.1) is 12.0 Å². The Morgan fingerprint density at radius 1 is 1.59 bits per heavy atom. The lowest BCUT2D eigenvalue weighted by atomic mass is 9.99. The Labute approximate surface area is 108 Å². The van der Waals surface area contributed by atoms with Crippen LogP contribution in [0.15, 0.2) is 22.8 Å². The highest BCUT2D eigenvalue weighted by Crippen LogP contribution is 2.17. The highest BCUT2D eigenvalue weighted by Gasteiger charge is 2.24. The molecule has 17 heavy (non-hydrogen) atoms. The molecule has 1 aromatic heterocycles. The van der Waals surface area contributed by atoms with Crippen LogP contribution in [-0.2, 0) is 0 Å². The smallest absolute Gasteiger partial charge is 0.272 e. The predicted octanol–water partition coefficient (Wildman–Crippen LogP) is 2.22. The summed E-state index contributed by atoms with van der Waals surface area (Å²) in [6.07, 6.45) is 3.38. The second-order valence-corrected chi connectivity index (χ2v) is 5.00. The molecule has 88 valence electrons. The minimum Gasteiger partial charge on any atom is -0.336 e. The van der Waals surface area contributed by atoms with Gasteiger partial charge in [-0.15, -0.1) is 0 Å². The molecule has 0 radical (unpaired) electrons. The number of likely N-dealkylation sites (tertiary alicyclic amines) is 1. The van der Waals surface area contributed by atoms with Crippen LogP contribution in [0.2, 0.25) is 0 Å². The van der Waals surface area contributed by atoms with Gasteiger partial charge in [0.1, 0.15) is 5.69 Å². The summed E-state index contributed by atoms with van der Waals surface area (Å²) < 4.78 is 0.850. The van der Waals surface area contributed by atoms with Gasteiger partial charge in [0, 0.05) is 23.8 Å². The quantitative estimate of drug-likeness (QED) is 0.798. The molecule has 1 saturated heterocycles. The number of nitriles is 1. The maximum atomic E-state index is 12.1. The fraction of sp³-hybridized carbons (Fsp3) is 0.417. The second kappa shape index (κ2) is 5.28. The maximum Gasteiger partial charge on any atom is 0.272 e. The molecule has 1 aliphatic heterocycles. The van der Waals surface area contributed by atoms with E-state index in [-0.39, 0.29) is 11.8 Å². The number of hydrogen-bond acceptors (Lipinski definition) is 3. The van der Waals surface area contributed by atoms with E-state index in [9.17, 15) is 4.79 Å². The van der Waals surface area contributed by atoms with Crippen molar-refractivity contribution < 1.29 is 4.79 Å². The number of hydrogen-bond donors (Lipinski definition) is 0. The van der Waals surface area contributed by atoms with Gasteiger partial charge in [0.2, 0.25) is 0 Å². The molecule has 1 atom stereocenters. The predicted molar refractivity (Wildman–Crippen MR) is 66.2 cm³/mol. The van der Waals surface area contributed by atoms with E-state index >= 15 is 0 Å². The van der Waals surface area contributed by atoms with Crippen molar-refractivity contribution in [3.05, 3.63) is 28.5 Å². The summed E-state index contributed by atoms with van der Waals surface area (Å²) in [5.41, 5.74) is 0.437. The zero-order valence-corrected chi connectivity index (χ0v) is 10.9. The van der Waals surface area contributed by atoms with Crippen LogP contribution >= 0.6 is 15.9 Å². The summed E-state index contributed by atoms with van der Waals surface area (Å²) in [4.78, 5) is 17.9. The highest BCUT2D eigenvalue weighted by atomic mass is 79.9. The number of carbonyl (C=O) groups excluding carboxylic acids is 1. The Hall–Kier alpha value is -1.41. The molecule has 1 amide bonds. The lowest BCUT2D eigenvalue weighted by Crippen LogP contribution is -2.39. The van der Waals surface area contributed by atoms with Crippen molar-refractivity contribution in [1.82, 2.24) is 9.88 Å². The zero-order valence-electron chi connectivity index (χ0n) is 9.27. The van der Waals surface area contributed by atoms with Gasteiger partial charge in [-0.25, -0.2) is 4.98 Å². The molecule has 0 bridgehead atoms. The lowest BCUT2D eigenvalue weighted by Gasteiger charge is -2.29. The van der Waals surface area contributed by atoms with Gasteiger partial charge >= 0.3 is 0 Å². The van der Waals surface area contributed by atoms with E-state index in [1.165, 1.54) is 0 Å². The van der Waals surface area contributed by atoms with Crippen LogP contribution in [0.3, 0.4) is 0 Å². The molecular weight excluding hydrogens is 282 g/mol. The molecule has 2 rings (SSSR count). The van der Waals surface area contributed by atoms with Crippen LogP contribution in [0.5, 0.6) is 0 Å². The number of halogens is 1. The van der Waals surface area contributed by atoms with E-state index in [0.717, 1.165) is 23.9 Å². The SMILES string of the molecule is N#CC1CCCN(C(=O)c2ccc(Br)cn2)C1. The summed E-state index contributed by atoms with van der Waals surface area (Å²) in [5, 5.41) is 8.89. The van der Waals surface area contributed by atoms with Crippen LogP contribution in [0.25, 0.3) is 0 Å². The fourth-order valence-electron chi connectivity index (χ4n) is 1.93. The topological polar surface area (TPSA) is 57.0 Å². The van der Waals surface area contributed by atoms with E-state index in [4.69, 9.17) is 5.26 Å². The Bertz CT molecular complexity index is 452. The van der Waals surface area contributed by atoms with Crippen LogP contribution < -0.4 is 0 Å². The Morgan fingerprint density at radius 3 is 3.06 bits per heavy atom. The first-order valence-electron chi connectivity index (χ1n) is 5.51. The first-order valence-corrected chi connectivity index (χ1v) is 6.30. The highest BCUT2D eigenvalue weighted by molar-refractivity contribution is 9.10. The zero-order chi connectivity index (χ0) is 12.3. The van der Waals surface area contributed by atoms with E-state index < -0.39 is 0 Å². The van der Waals surface area contributed by atoms with Crippen molar-refractivity contribution in [3.8, 4) is 6.07 Å². The lowest BCUT2D eigenvalue weighted by molar-refractivity contribution is 0.0693. The van der Waals surface area contributed by atoms with E-state index in [1.54, 1.807) is 23.2 Å². The van der Waals surface area contributed by atoms with Crippen molar-refractivity contribution in [2.45, 2.75) is 12.8 Å². The molecule has 0 saturated carbocycles. The van der Waals surface area contributed by atoms with Gasteiger partial charge in [-0.05, 0) is 40.9 Å². The van der Waals surface area contributed by atoms with Crippen molar-refractivity contribution in [1.29, 1.82) is 5.26 Å². The van der Waals surface area contributed by atoms with Crippen LogP contribution in [0.1, 0.15) is 23.3 Å². The molecule has 0 spiro atoms. The molecule has 1 unspecified atom stereocenters. The number of piperidine rings is 1. The molecule has 0 aromatic carbocycles. The second-order valence-electron chi connectivity index (χ2n) is 4.08. The van der Waals surface area contributed by atoms with Gasteiger partial charge in [0.25, 0.3) is 5.91 Å². The van der Waals surface area contributed by atoms with Crippen molar-refractivity contribution in [3.63, 3.8) is 0 Å². The molecule has 4 nitrogen and oxygen atoms in total. The van der Waals surface area contributed by atoms with E-state index in [0.29, 0.717) is 12.2 Å². The third-order valence-corrected chi connectivity index (χ3v) is 3.31. The summed E-state index contributed by atoms with van der Waals surface area (Å²) >= 11 is 3.28. The molecule has 1 aliphatic rings. The Kier molecular flexibility index (Phi) is 3.75. The molecule has 2 heterocycles. The van der Waals surface area contributed by atoms with Gasteiger partial charge in [0.15, 0.2) is 0 Å². The van der Waals surface area contributed by atoms with E-state index in [1.807, 2.05) is 0 Å². The minimum atomic E-state index is -0.0857. The first-order chi connectivity index (χ1) is 8.20. The molecule has 5 heteroatoms. The summed E-state index contributed by atoms with van der Waals surface area (Å²) in [5.74, 6) is -0.124. The molecule has 0 N–H and O–H groups in total. The van der Waals surface area contributed by atoms with Crippen molar-refractivity contribution in [2.24, 2.45) is 5.92 Å². The van der Waals surface area contributed by atoms with E-state index in [2.05, 4.69) is 27.0 Å². The number of rotatable bonds is 1. The van der Waals surface area contributed by atoms with Crippen LogP contribution in [0.4, 0.5) is 0 Å². The molecule has 0 aliphatic carbocycles. The maximum absolute atomic E-state index is 12.1. The summed E-state index contributed by atoms with van der Waals surface area (Å²) in [7, 11) is 0. The fourth-order valence-corrected chi connectivity index (χ4v) is 2.17. The number of nitrogens with zero attached hydrogens (tertiary/aromatic N) is 3. The van der Waals surface area contributed by atoms with Gasteiger partial charge in [-0.3, -0.25) is 4.79 Å². The number of amides is 1. The molecule has 1 fully saturated rings. The molecule has 1 aromatic rings. The van der Waals surface area contributed by atoms with Crippen LogP contribution in [0, 0.1) is 17.2 Å². The average Bonchev–Trinajstić information content (AvgIpc) is 2.39. The molecular formula is C12H12BrN3O. The van der Waals surface area contributed by atoms with Gasteiger partial charge < -0.3 is 4.90 Å². The number of aromatic nitrogens is 1.